The third-order valence-corrected chi connectivity index (χ3v) is 3.18. The van der Waals surface area contributed by atoms with Gasteiger partial charge in [-0.15, -0.1) is 0 Å². The predicted octanol–water partition coefficient (Wildman–Crippen LogP) is 3.41. The Morgan fingerprint density at radius 1 is 1.12 bits per heavy atom. The molecule has 0 unspecified atom stereocenters. The van der Waals surface area contributed by atoms with Crippen molar-refractivity contribution in [3.05, 3.63) is 70.8 Å². The molecule has 0 radical (unpaired) electrons. The molecule has 120 valence electrons. The molecule has 0 bridgehead atoms. The van der Waals surface area contributed by atoms with E-state index in [1.54, 1.807) is 54.6 Å². The van der Waals surface area contributed by atoms with Gasteiger partial charge in [-0.25, -0.2) is 4.79 Å². The molecule has 6 heteroatoms. The molecule has 0 atom stereocenters. The van der Waals surface area contributed by atoms with E-state index in [0.29, 0.717) is 16.3 Å². The minimum atomic E-state index is -0.625. The number of nitrogens with zero attached hydrogens (tertiary/aromatic N) is 1. The Labute approximate surface area is 144 Å². The molecule has 1 N–H and O–H groups in total. The Balaban J connectivity index is 1.79. The lowest BCUT2D eigenvalue weighted by molar-refractivity contribution is -0.142. The van der Waals surface area contributed by atoms with E-state index in [-0.39, 0.29) is 0 Å². The zero-order valence-electron chi connectivity index (χ0n) is 12.5. The van der Waals surface area contributed by atoms with E-state index in [1.165, 1.54) is 6.08 Å². The van der Waals surface area contributed by atoms with E-state index in [1.807, 2.05) is 6.07 Å². The first-order valence-electron chi connectivity index (χ1n) is 6.97. The predicted molar refractivity (Wildman–Crippen MR) is 91.2 cm³/mol. The fourth-order valence-electron chi connectivity index (χ4n) is 1.75. The molecule has 0 aliphatic heterocycles. The van der Waals surface area contributed by atoms with Gasteiger partial charge in [-0.2, -0.15) is 5.26 Å². The van der Waals surface area contributed by atoms with Crippen LogP contribution in [0.5, 0.6) is 0 Å². The molecular formula is C18H13ClN2O3. The highest BCUT2D eigenvalue weighted by Gasteiger charge is 2.05. The maximum atomic E-state index is 11.7. The first kappa shape index (κ1) is 17.3. The van der Waals surface area contributed by atoms with Crippen molar-refractivity contribution >= 4 is 35.2 Å². The molecule has 0 saturated heterocycles. The first-order chi connectivity index (χ1) is 11.6. The average Bonchev–Trinajstić information content (AvgIpc) is 2.60. The second-order valence-electron chi connectivity index (χ2n) is 4.73. The summed E-state index contributed by atoms with van der Waals surface area (Å²) in [5, 5.41) is 11.9. The van der Waals surface area contributed by atoms with Gasteiger partial charge in [0.2, 0.25) is 0 Å². The second kappa shape index (κ2) is 8.51. The number of hydrogen-bond donors (Lipinski definition) is 1. The third-order valence-electron chi connectivity index (χ3n) is 2.93. The number of benzene rings is 2. The van der Waals surface area contributed by atoms with Gasteiger partial charge in [-0.05, 0) is 48.0 Å². The second-order valence-corrected chi connectivity index (χ2v) is 5.17. The van der Waals surface area contributed by atoms with E-state index >= 15 is 0 Å². The number of hydrogen-bond acceptors (Lipinski definition) is 4. The molecule has 5 nitrogen and oxygen atoms in total. The lowest BCUT2D eigenvalue weighted by Gasteiger charge is -2.05. The summed E-state index contributed by atoms with van der Waals surface area (Å²) in [4.78, 5) is 23.3. The normalized spacial score (nSPS) is 10.2. The number of halogens is 1. The van der Waals surface area contributed by atoms with Gasteiger partial charge in [0.15, 0.2) is 6.61 Å². The summed E-state index contributed by atoms with van der Waals surface area (Å²) in [5.74, 6) is -1.09. The van der Waals surface area contributed by atoms with Crippen molar-refractivity contribution in [2.45, 2.75) is 0 Å². The highest BCUT2D eigenvalue weighted by Crippen LogP contribution is 2.11. The lowest BCUT2D eigenvalue weighted by atomic mass is 10.2. The van der Waals surface area contributed by atoms with Crippen LogP contribution >= 0.6 is 11.6 Å². The molecular weight excluding hydrogens is 328 g/mol. The number of carbonyl (C=O) groups is 2. The molecule has 0 fully saturated rings. The molecule has 0 aliphatic carbocycles. The van der Waals surface area contributed by atoms with Gasteiger partial charge in [-0.3, -0.25) is 4.79 Å². The molecule has 0 heterocycles. The van der Waals surface area contributed by atoms with Gasteiger partial charge in [-0.1, -0.05) is 23.7 Å². The van der Waals surface area contributed by atoms with Crippen molar-refractivity contribution in [1.29, 1.82) is 5.26 Å². The number of rotatable bonds is 5. The number of nitrogens with one attached hydrogen (secondary N) is 1. The van der Waals surface area contributed by atoms with Crippen molar-refractivity contribution in [2.75, 3.05) is 11.9 Å². The number of carbonyl (C=O) groups excluding carboxylic acids is 2. The van der Waals surface area contributed by atoms with E-state index in [2.05, 4.69) is 5.32 Å². The van der Waals surface area contributed by atoms with Crippen molar-refractivity contribution in [1.82, 2.24) is 0 Å². The number of nitriles is 1. The summed E-state index contributed by atoms with van der Waals surface area (Å²) in [6, 6.07) is 15.3. The molecule has 2 rings (SSSR count). The fraction of sp³-hybridized carbons (Fsp3) is 0.0556. The molecule has 0 aromatic heterocycles. The number of esters is 1. The molecule has 0 spiro atoms. The zero-order valence-corrected chi connectivity index (χ0v) is 13.3. The van der Waals surface area contributed by atoms with Crippen LogP contribution < -0.4 is 5.32 Å². The highest BCUT2D eigenvalue weighted by molar-refractivity contribution is 6.30. The van der Waals surface area contributed by atoms with Crippen LogP contribution in [-0.4, -0.2) is 18.5 Å². The molecule has 2 aromatic carbocycles. The summed E-state index contributed by atoms with van der Waals surface area (Å²) in [6.45, 7) is -0.399. The van der Waals surface area contributed by atoms with Crippen molar-refractivity contribution in [2.24, 2.45) is 0 Å². The number of anilines is 1. The van der Waals surface area contributed by atoms with Gasteiger partial charge in [0.1, 0.15) is 0 Å². The van der Waals surface area contributed by atoms with Crippen LogP contribution in [0, 0.1) is 11.3 Å². The Bertz CT molecular complexity index is 791. The Hall–Kier alpha value is -3.10. The molecule has 0 aliphatic rings. The van der Waals surface area contributed by atoms with Crippen LogP contribution in [0.25, 0.3) is 6.08 Å². The summed E-state index contributed by atoms with van der Waals surface area (Å²) in [5.41, 5.74) is 1.80. The maximum absolute atomic E-state index is 11.7. The zero-order chi connectivity index (χ0) is 17.4. The Kier molecular flexibility index (Phi) is 6.12. The fourth-order valence-corrected chi connectivity index (χ4v) is 1.87. The lowest BCUT2D eigenvalue weighted by Crippen LogP contribution is -2.20. The van der Waals surface area contributed by atoms with Gasteiger partial charge < -0.3 is 10.1 Å². The standard InChI is InChI=1S/C18H13ClN2O3/c19-15-6-1-13(2-7-15)5-10-18(23)24-12-17(22)21-16-8-3-14(11-20)4-9-16/h1-10H,12H2,(H,21,22)/b10-5+. The Morgan fingerprint density at radius 3 is 2.42 bits per heavy atom. The third kappa shape index (κ3) is 5.59. The summed E-state index contributed by atoms with van der Waals surface area (Å²) in [6.07, 6.45) is 2.80. The van der Waals surface area contributed by atoms with Crippen LogP contribution in [0.3, 0.4) is 0 Å². The van der Waals surface area contributed by atoms with Crippen molar-refractivity contribution in [3.8, 4) is 6.07 Å². The van der Waals surface area contributed by atoms with Crippen molar-refractivity contribution < 1.29 is 14.3 Å². The maximum Gasteiger partial charge on any atom is 0.331 e. The minimum Gasteiger partial charge on any atom is -0.452 e. The van der Waals surface area contributed by atoms with E-state index in [4.69, 9.17) is 21.6 Å². The summed E-state index contributed by atoms with van der Waals surface area (Å²) < 4.78 is 4.85. The Morgan fingerprint density at radius 2 is 1.79 bits per heavy atom. The monoisotopic (exact) mass is 340 g/mol. The average molecular weight is 341 g/mol. The highest BCUT2D eigenvalue weighted by atomic mass is 35.5. The van der Waals surface area contributed by atoms with Crippen molar-refractivity contribution in [3.63, 3.8) is 0 Å². The number of amides is 1. The van der Waals surface area contributed by atoms with E-state index in [0.717, 1.165) is 5.56 Å². The summed E-state index contributed by atoms with van der Waals surface area (Å²) >= 11 is 5.77. The topological polar surface area (TPSA) is 79.2 Å². The van der Waals surface area contributed by atoms with Crippen LogP contribution in [0.2, 0.25) is 5.02 Å². The molecule has 2 aromatic rings. The van der Waals surface area contributed by atoms with Crippen LogP contribution in [0.4, 0.5) is 5.69 Å². The largest absolute Gasteiger partial charge is 0.452 e. The van der Waals surface area contributed by atoms with E-state index in [9.17, 15) is 9.59 Å². The van der Waals surface area contributed by atoms with Crippen LogP contribution in [0.15, 0.2) is 54.6 Å². The molecule has 0 saturated carbocycles. The van der Waals surface area contributed by atoms with E-state index < -0.39 is 18.5 Å². The quantitative estimate of drug-likeness (QED) is 0.668. The molecule has 1 amide bonds. The summed E-state index contributed by atoms with van der Waals surface area (Å²) in [7, 11) is 0. The van der Waals surface area contributed by atoms with Gasteiger partial charge in [0.25, 0.3) is 5.91 Å². The minimum absolute atomic E-state index is 0.399. The van der Waals surface area contributed by atoms with Gasteiger partial charge >= 0.3 is 5.97 Å². The van der Waals surface area contributed by atoms with Crippen LogP contribution in [-0.2, 0) is 14.3 Å². The SMILES string of the molecule is N#Cc1ccc(NC(=O)COC(=O)/C=C/c2ccc(Cl)cc2)cc1. The van der Waals surface area contributed by atoms with Gasteiger partial charge in [0, 0.05) is 16.8 Å². The van der Waals surface area contributed by atoms with Crippen LogP contribution in [0.1, 0.15) is 11.1 Å². The molecule has 24 heavy (non-hydrogen) atoms. The smallest absolute Gasteiger partial charge is 0.331 e. The first-order valence-corrected chi connectivity index (χ1v) is 7.35. The van der Waals surface area contributed by atoms with Gasteiger partial charge in [0.05, 0.1) is 11.6 Å². The number of ether oxygens (including phenoxy) is 1.